The Morgan fingerprint density at radius 2 is 1.83 bits per heavy atom. The summed E-state index contributed by atoms with van der Waals surface area (Å²) in [5.74, 6) is 0. The SMILES string of the molecule is CCN(CC)C(CC)(CC)C(NC)c1ccsc1. The van der Waals surface area contributed by atoms with Gasteiger partial charge in [0.05, 0.1) is 6.04 Å². The summed E-state index contributed by atoms with van der Waals surface area (Å²) in [6, 6.07) is 2.67. The third-order valence-corrected chi connectivity index (χ3v) is 5.02. The normalized spacial score (nSPS) is 14.1. The van der Waals surface area contributed by atoms with Gasteiger partial charge in [-0.2, -0.15) is 11.3 Å². The zero-order valence-electron chi connectivity index (χ0n) is 12.5. The van der Waals surface area contributed by atoms with Crippen molar-refractivity contribution >= 4 is 11.3 Å². The van der Waals surface area contributed by atoms with Gasteiger partial charge in [-0.05, 0) is 55.4 Å². The van der Waals surface area contributed by atoms with Gasteiger partial charge in [-0.3, -0.25) is 4.90 Å². The van der Waals surface area contributed by atoms with Gasteiger partial charge < -0.3 is 5.32 Å². The fourth-order valence-electron chi connectivity index (χ4n) is 3.33. The van der Waals surface area contributed by atoms with Gasteiger partial charge in [0.2, 0.25) is 0 Å². The lowest BCUT2D eigenvalue weighted by Gasteiger charge is -2.48. The predicted octanol–water partition coefficient (Wildman–Crippen LogP) is 3.91. The van der Waals surface area contributed by atoms with Crippen LogP contribution in [0.4, 0.5) is 0 Å². The summed E-state index contributed by atoms with van der Waals surface area (Å²) in [5.41, 5.74) is 1.65. The first-order valence-electron chi connectivity index (χ1n) is 7.14. The van der Waals surface area contributed by atoms with E-state index < -0.39 is 0 Å². The standard InChI is InChI=1S/C15H28N2S/c1-6-15(7-2,17(8-3)9-4)14(16-5)13-10-11-18-12-13/h10-12,14,16H,6-9H2,1-5H3. The van der Waals surface area contributed by atoms with Gasteiger partial charge in [0.25, 0.3) is 0 Å². The van der Waals surface area contributed by atoms with Gasteiger partial charge in [-0.1, -0.05) is 27.7 Å². The molecule has 1 atom stereocenters. The van der Waals surface area contributed by atoms with E-state index in [1.54, 1.807) is 11.3 Å². The van der Waals surface area contributed by atoms with E-state index in [4.69, 9.17) is 0 Å². The maximum Gasteiger partial charge on any atom is 0.0512 e. The first-order valence-corrected chi connectivity index (χ1v) is 8.08. The number of likely N-dealkylation sites (N-methyl/N-ethyl adjacent to an activating group) is 2. The highest BCUT2D eigenvalue weighted by Gasteiger charge is 2.39. The Labute approximate surface area is 116 Å². The minimum atomic E-state index is 0.222. The number of nitrogens with zero attached hydrogens (tertiary/aromatic N) is 1. The summed E-state index contributed by atoms with van der Waals surface area (Å²) in [4.78, 5) is 2.62. The molecule has 0 aliphatic carbocycles. The molecule has 18 heavy (non-hydrogen) atoms. The van der Waals surface area contributed by atoms with E-state index in [1.807, 2.05) is 0 Å². The summed E-state index contributed by atoms with van der Waals surface area (Å²) >= 11 is 1.79. The van der Waals surface area contributed by atoms with Gasteiger partial charge in [-0.15, -0.1) is 0 Å². The van der Waals surface area contributed by atoms with E-state index in [0.29, 0.717) is 6.04 Å². The maximum atomic E-state index is 3.56. The quantitative estimate of drug-likeness (QED) is 0.769. The average molecular weight is 268 g/mol. The minimum Gasteiger partial charge on any atom is -0.311 e. The molecule has 0 saturated heterocycles. The Kier molecular flexibility index (Phi) is 6.33. The molecule has 0 bridgehead atoms. The number of hydrogen-bond acceptors (Lipinski definition) is 3. The Hall–Kier alpha value is -0.380. The molecule has 0 spiro atoms. The Morgan fingerprint density at radius 1 is 1.22 bits per heavy atom. The molecule has 0 aliphatic rings. The van der Waals surface area contributed by atoms with Gasteiger partial charge in [-0.25, -0.2) is 0 Å². The van der Waals surface area contributed by atoms with Crippen molar-refractivity contribution in [1.29, 1.82) is 0 Å². The lowest BCUT2D eigenvalue weighted by molar-refractivity contribution is 0.0516. The van der Waals surface area contributed by atoms with Crippen molar-refractivity contribution in [3.8, 4) is 0 Å². The van der Waals surface area contributed by atoms with Gasteiger partial charge >= 0.3 is 0 Å². The van der Waals surface area contributed by atoms with Crippen molar-refractivity contribution in [3.05, 3.63) is 22.4 Å². The largest absolute Gasteiger partial charge is 0.311 e. The van der Waals surface area contributed by atoms with E-state index in [0.717, 1.165) is 13.1 Å². The second-order valence-corrected chi connectivity index (χ2v) is 5.54. The Morgan fingerprint density at radius 3 is 2.17 bits per heavy atom. The van der Waals surface area contributed by atoms with E-state index in [-0.39, 0.29) is 5.54 Å². The molecule has 2 nitrogen and oxygen atoms in total. The second-order valence-electron chi connectivity index (χ2n) is 4.76. The molecule has 1 aromatic rings. The lowest BCUT2D eigenvalue weighted by atomic mass is 9.79. The molecule has 1 unspecified atom stereocenters. The highest BCUT2D eigenvalue weighted by Crippen LogP contribution is 2.37. The van der Waals surface area contributed by atoms with Crippen LogP contribution in [0.15, 0.2) is 16.8 Å². The van der Waals surface area contributed by atoms with Crippen molar-refractivity contribution in [3.63, 3.8) is 0 Å². The van der Waals surface area contributed by atoms with Crippen LogP contribution in [0.3, 0.4) is 0 Å². The molecule has 104 valence electrons. The zero-order valence-corrected chi connectivity index (χ0v) is 13.3. The molecular formula is C15H28N2S. The molecule has 0 saturated carbocycles. The molecule has 0 radical (unpaired) electrons. The van der Waals surface area contributed by atoms with Crippen LogP contribution in [0.2, 0.25) is 0 Å². The van der Waals surface area contributed by atoms with Crippen LogP contribution < -0.4 is 5.32 Å². The highest BCUT2D eigenvalue weighted by atomic mass is 32.1. The van der Waals surface area contributed by atoms with Crippen molar-refractivity contribution in [2.75, 3.05) is 20.1 Å². The van der Waals surface area contributed by atoms with Crippen LogP contribution in [-0.2, 0) is 0 Å². The molecule has 0 aliphatic heterocycles. The van der Waals surface area contributed by atoms with Crippen LogP contribution in [0.5, 0.6) is 0 Å². The van der Waals surface area contributed by atoms with Crippen LogP contribution in [0.1, 0.15) is 52.1 Å². The van der Waals surface area contributed by atoms with Crippen LogP contribution in [0.25, 0.3) is 0 Å². The number of rotatable bonds is 8. The van der Waals surface area contributed by atoms with E-state index in [2.05, 4.69) is 61.8 Å². The zero-order chi connectivity index (χ0) is 13.6. The van der Waals surface area contributed by atoms with Gasteiger partial charge in [0.15, 0.2) is 0 Å². The van der Waals surface area contributed by atoms with E-state index >= 15 is 0 Å². The smallest absolute Gasteiger partial charge is 0.0512 e. The summed E-state index contributed by atoms with van der Waals surface area (Å²) in [6.45, 7) is 11.4. The molecular weight excluding hydrogens is 240 g/mol. The number of nitrogens with one attached hydrogen (secondary N) is 1. The van der Waals surface area contributed by atoms with Crippen LogP contribution >= 0.6 is 11.3 Å². The molecule has 1 N–H and O–H groups in total. The third kappa shape index (κ3) is 2.79. The summed E-state index contributed by atoms with van der Waals surface area (Å²) in [5, 5.41) is 8.02. The predicted molar refractivity (Wildman–Crippen MR) is 82.4 cm³/mol. The molecule has 3 heteroatoms. The maximum absolute atomic E-state index is 3.56. The Balaban J connectivity index is 3.15. The minimum absolute atomic E-state index is 0.222. The highest BCUT2D eigenvalue weighted by molar-refractivity contribution is 7.07. The van der Waals surface area contributed by atoms with Crippen molar-refractivity contribution in [1.82, 2.24) is 10.2 Å². The molecule has 0 amide bonds. The van der Waals surface area contributed by atoms with Crippen molar-refractivity contribution in [2.24, 2.45) is 0 Å². The monoisotopic (exact) mass is 268 g/mol. The molecule has 1 rings (SSSR count). The second kappa shape index (κ2) is 7.27. The Bertz CT molecular complexity index is 313. The molecule has 0 fully saturated rings. The van der Waals surface area contributed by atoms with Crippen molar-refractivity contribution < 1.29 is 0 Å². The topological polar surface area (TPSA) is 15.3 Å². The van der Waals surface area contributed by atoms with Gasteiger partial charge in [0.1, 0.15) is 0 Å². The first-order chi connectivity index (χ1) is 8.69. The molecule has 0 aromatic carbocycles. The van der Waals surface area contributed by atoms with Crippen molar-refractivity contribution in [2.45, 2.75) is 52.1 Å². The molecule has 1 aromatic heterocycles. The number of hydrogen-bond donors (Lipinski definition) is 1. The fraction of sp³-hybridized carbons (Fsp3) is 0.733. The average Bonchev–Trinajstić information content (AvgIpc) is 2.92. The summed E-state index contributed by atoms with van der Waals surface area (Å²) in [7, 11) is 2.09. The summed E-state index contributed by atoms with van der Waals surface area (Å²) < 4.78 is 0. The van der Waals surface area contributed by atoms with Gasteiger partial charge in [0, 0.05) is 5.54 Å². The van der Waals surface area contributed by atoms with Crippen LogP contribution in [0, 0.1) is 0 Å². The third-order valence-electron chi connectivity index (χ3n) is 4.32. The van der Waals surface area contributed by atoms with E-state index in [9.17, 15) is 0 Å². The van der Waals surface area contributed by atoms with Crippen LogP contribution in [-0.4, -0.2) is 30.6 Å². The lowest BCUT2D eigenvalue weighted by Crippen LogP contribution is -2.55. The van der Waals surface area contributed by atoms with E-state index in [1.165, 1.54) is 18.4 Å². The fourth-order valence-corrected chi connectivity index (χ4v) is 4.01. The number of thiophene rings is 1. The molecule has 1 heterocycles. The first kappa shape index (κ1) is 15.7. The summed E-state index contributed by atoms with van der Waals surface area (Å²) in [6.07, 6.45) is 2.35.